The van der Waals surface area contributed by atoms with Gasteiger partial charge in [0.05, 0.1) is 18.1 Å². The molecule has 0 fully saturated rings. The second-order valence-electron chi connectivity index (χ2n) is 9.54. The number of H-pyrrole nitrogens is 2. The molecule has 0 saturated carbocycles. The van der Waals surface area contributed by atoms with E-state index in [1.807, 2.05) is 56.4 Å². The lowest BCUT2D eigenvalue weighted by Gasteiger charge is -2.19. The fourth-order valence-electron chi connectivity index (χ4n) is 4.80. The van der Waals surface area contributed by atoms with Gasteiger partial charge in [0.1, 0.15) is 6.04 Å². The van der Waals surface area contributed by atoms with Gasteiger partial charge in [-0.15, -0.1) is 0 Å². The highest BCUT2D eigenvalue weighted by Crippen LogP contribution is 2.24. The van der Waals surface area contributed by atoms with E-state index in [1.165, 1.54) is 7.11 Å². The first kappa shape index (κ1) is 25.8. The minimum atomic E-state index is -0.856. The van der Waals surface area contributed by atoms with Gasteiger partial charge in [-0.25, -0.2) is 14.6 Å². The highest BCUT2D eigenvalue weighted by molar-refractivity contribution is 5.87. The summed E-state index contributed by atoms with van der Waals surface area (Å²) in [5.74, 6) is -0.700. The Morgan fingerprint density at radius 2 is 1.87 bits per heavy atom. The number of fused-ring (bicyclic) bond motifs is 3. The van der Waals surface area contributed by atoms with Gasteiger partial charge in [-0.1, -0.05) is 18.2 Å². The molecule has 0 bridgehead atoms. The van der Waals surface area contributed by atoms with E-state index < -0.39 is 23.3 Å². The molecule has 1 aromatic heterocycles. The van der Waals surface area contributed by atoms with Gasteiger partial charge in [-0.3, -0.25) is 14.6 Å². The first-order valence-corrected chi connectivity index (χ1v) is 12.6. The van der Waals surface area contributed by atoms with Crippen molar-refractivity contribution in [2.45, 2.75) is 45.7 Å². The number of hydrogen-bond acceptors (Lipinski definition) is 7. The second kappa shape index (κ2) is 10.5. The number of hydrogen-bond donors (Lipinski definition) is 3. The number of para-hydroxylation sites is 1. The number of carbonyl (C=O) groups is 2. The fraction of sp³-hybridized carbons (Fsp3) is 0.286. The SMILES string of the molecule is COC(=O)C(Cc1c[nH]c2ccccc12)NC(=O)CCCn1c2nc(=O)[nH]c(=O)c-2nc2cc(C)c(C)cc21. The van der Waals surface area contributed by atoms with Crippen LogP contribution in [0.4, 0.5) is 0 Å². The highest BCUT2D eigenvalue weighted by Gasteiger charge is 2.24. The maximum absolute atomic E-state index is 12.9. The summed E-state index contributed by atoms with van der Waals surface area (Å²) in [7, 11) is 1.29. The van der Waals surface area contributed by atoms with Crippen molar-refractivity contribution in [1.82, 2.24) is 29.8 Å². The summed E-state index contributed by atoms with van der Waals surface area (Å²) in [5, 5.41) is 3.77. The third-order valence-electron chi connectivity index (χ3n) is 6.93. The summed E-state index contributed by atoms with van der Waals surface area (Å²) in [6, 6.07) is 10.7. The number of esters is 1. The van der Waals surface area contributed by atoms with Crippen molar-refractivity contribution in [3.8, 4) is 11.5 Å². The van der Waals surface area contributed by atoms with E-state index in [0.717, 1.165) is 27.6 Å². The monoisotopic (exact) mass is 528 g/mol. The van der Waals surface area contributed by atoms with Crippen LogP contribution in [0.25, 0.3) is 33.5 Å². The topological polar surface area (TPSA) is 152 Å². The van der Waals surface area contributed by atoms with Gasteiger partial charge in [0.2, 0.25) is 5.91 Å². The van der Waals surface area contributed by atoms with Crippen molar-refractivity contribution >= 4 is 33.8 Å². The Balaban J connectivity index is 1.36. The molecule has 0 radical (unpaired) electrons. The van der Waals surface area contributed by atoms with E-state index in [4.69, 9.17) is 4.74 Å². The third-order valence-corrected chi connectivity index (χ3v) is 6.93. The molecule has 11 heteroatoms. The number of aromatic nitrogens is 5. The molecule has 5 rings (SSSR count). The molecule has 3 N–H and O–H groups in total. The molecular formula is C28H28N6O5. The maximum Gasteiger partial charge on any atom is 0.349 e. The minimum absolute atomic E-state index is 0.0549. The van der Waals surface area contributed by atoms with Crippen molar-refractivity contribution in [1.29, 1.82) is 0 Å². The molecule has 2 aliphatic heterocycles. The van der Waals surface area contributed by atoms with E-state index in [1.54, 1.807) is 4.57 Å². The Bertz CT molecular complexity index is 1800. The van der Waals surface area contributed by atoms with Crippen LogP contribution in [0.2, 0.25) is 0 Å². The van der Waals surface area contributed by atoms with Crippen LogP contribution in [0, 0.1) is 13.8 Å². The van der Waals surface area contributed by atoms with E-state index in [2.05, 4.69) is 25.3 Å². The van der Waals surface area contributed by atoms with E-state index in [-0.39, 0.29) is 30.3 Å². The Morgan fingerprint density at radius 1 is 1.10 bits per heavy atom. The molecule has 1 atom stereocenters. The van der Waals surface area contributed by atoms with Crippen molar-refractivity contribution in [2.75, 3.05) is 7.11 Å². The van der Waals surface area contributed by atoms with Gasteiger partial charge < -0.3 is 19.6 Å². The lowest BCUT2D eigenvalue weighted by Crippen LogP contribution is -2.43. The van der Waals surface area contributed by atoms with E-state index >= 15 is 0 Å². The Kier molecular flexibility index (Phi) is 6.97. The molecule has 11 nitrogen and oxygen atoms in total. The molecule has 2 aromatic carbocycles. The molecule has 0 aliphatic carbocycles. The molecule has 2 aliphatic rings. The van der Waals surface area contributed by atoms with E-state index in [0.29, 0.717) is 24.0 Å². The summed E-state index contributed by atoms with van der Waals surface area (Å²) in [4.78, 5) is 63.7. The summed E-state index contributed by atoms with van der Waals surface area (Å²) in [6.45, 7) is 4.21. The summed E-state index contributed by atoms with van der Waals surface area (Å²) < 4.78 is 6.69. The van der Waals surface area contributed by atoms with Gasteiger partial charge in [0, 0.05) is 36.5 Å². The van der Waals surface area contributed by atoms with Crippen LogP contribution >= 0.6 is 0 Å². The van der Waals surface area contributed by atoms with Crippen LogP contribution in [0.3, 0.4) is 0 Å². The Hall–Kier alpha value is -4.80. The number of aryl methyl sites for hydroxylation is 3. The van der Waals surface area contributed by atoms with Crippen LogP contribution < -0.4 is 16.6 Å². The number of nitrogens with zero attached hydrogens (tertiary/aromatic N) is 3. The fourth-order valence-corrected chi connectivity index (χ4v) is 4.80. The van der Waals surface area contributed by atoms with Crippen LogP contribution in [0.15, 0.2) is 52.2 Å². The zero-order chi connectivity index (χ0) is 27.7. The third kappa shape index (κ3) is 5.15. The van der Waals surface area contributed by atoms with Gasteiger partial charge in [0.15, 0.2) is 11.5 Å². The van der Waals surface area contributed by atoms with E-state index in [9.17, 15) is 19.2 Å². The molecule has 39 heavy (non-hydrogen) atoms. The van der Waals surface area contributed by atoms with Crippen molar-refractivity contribution in [2.24, 2.45) is 0 Å². The second-order valence-corrected chi connectivity index (χ2v) is 9.54. The molecule has 200 valence electrons. The largest absolute Gasteiger partial charge is 0.467 e. The number of ether oxygens (including phenoxy) is 1. The van der Waals surface area contributed by atoms with Crippen molar-refractivity contribution in [3.63, 3.8) is 0 Å². The zero-order valence-electron chi connectivity index (χ0n) is 21.8. The van der Waals surface area contributed by atoms with Crippen LogP contribution in [-0.4, -0.2) is 49.5 Å². The average Bonchev–Trinajstić information content (AvgIpc) is 3.32. The summed E-state index contributed by atoms with van der Waals surface area (Å²) >= 11 is 0. The summed E-state index contributed by atoms with van der Waals surface area (Å²) in [5.41, 5.74) is 3.82. The Labute approximate surface area is 222 Å². The van der Waals surface area contributed by atoms with Gasteiger partial charge in [-0.2, -0.15) is 4.98 Å². The number of benzene rings is 2. The van der Waals surface area contributed by atoms with Crippen molar-refractivity contribution < 1.29 is 14.3 Å². The summed E-state index contributed by atoms with van der Waals surface area (Å²) in [6.07, 6.45) is 2.55. The standard InChI is InChI=1S/C28H28N6O5/c1-15-11-20-22(12-16(15)2)34(25-24(31-20)26(36)33-28(38)32-25)10-6-9-23(35)30-21(27(37)39-3)13-17-14-29-19-8-5-4-7-18(17)19/h4-5,7-8,11-12,14,21,29H,6,9-10,13H2,1-3H3,(H,30,35)(H,33,36,38). The molecule has 1 amide bonds. The number of methoxy groups -OCH3 is 1. The molecule has 1 unspecified atom stereocenters. The number of nitrogens with one attached hydrogen (secondary N) is 3. The number of rotatable bonds is 8. The van der Waals surface area contributed by atoms with Crippen LogP contribution in [0.1, 0.15) is 29.5 Å². The normalized spacial score (nSPS) is 12.2. The first-order valence-electron chi connectivity index (χ1n) is 12.6. The van der Waals surface area contributed by atoms with Gasteiger partial charge in [0.25, 0.3) is 5.56 Å². The molecule has 0 spiro atoms. The predicted octanol–water partition coefficient (Wildman–Crippen LogP) is 2.36. The smallest absolute Gasteiger partial charge is 0.349 e. The predicted molar refractivity (Wildman–Crippen MR) is 146 cm³/mol. The highest BCUT2D eigenvalue weighted by atomic mass is 16.5. The minimum Gasteiger partial charge on any atom is -0.467 e. The average molecular weight is 529 g/mol. The lowest BCUT2D eigenvalue weighted by molar-refractivity contribution is -0.145. The first-order chi connectivity index (χ1) is 18.7. The van der Waals surface area contributed by atoms with Crippen LogP contribution in [0.5, 0.6) is 0 Å². The maximum atomic E-state index is 12.9. The Morgan fingerprint density at radius 3 is 2.67 bits per heavy atom. The quantitative estimate of drug-likeness (QED) is 0.207. The molecule has 3 aromatic rings. The van der Waals surface area contributed by atoms with Crippen molar-refractivity contribution in [3.05, 3.63) is 80.1 Å². The van der Waals surface area contributed by atoms with Gasteiger partial charge in [-0.05, 0) is 55.2 Å². The number of amides is 1. The molecular weight excluding hydrogens is 500 g/mol. The lowest BCUT2D eigenvalue weighted by atomic mass is 10.0. The zero-order valence-corrected chi connectivity index (χ0v) is 21.8. The van der Waals surface area contributed by atoms with Gasteiger partial charge >= 0.3 is 11.7 Å². The number of aromatic amines is 2. The molecule has 0 saturated heterocycles. The number of carbonyl (C=O) groups excluding carboxylic acids is 2. The molecule has 3 heterocycles. The van der Waals surface area contributed by atoms with Crippen LogP contribution in [-0.2, 0) is 27.3 Å².